The van der Waals surface area contributed by atoms with E-state index in [2.05, 4.69) is 43.3 Å². The van der Waals surface area contributed by atoms with Gasteiger partial charge in [-0.25, -0.2) is 4.98 Å². The average Bonchev–Trinajstić information content (AvgIpc) is 2.46. The van der Waals surface area contributed by atoms with Crippen molar-refractivity contribution in [2.24, 2.45) is 5.92 Å². The molecule has 4 heteroatoms. The Labute approximate surface area is 122 Å². The second-order valence-corrected chi connectivity index (χ2v) is 5.20. The fraction of sp³-hybridized carbons (Fsp3) is 0.625. The van der Waals surface area contributed by atoms with Crippen LogP contribution in [0.2, 0.25) is 0 Å². The summed E-state index contributed by atoms with van der Waals surface area (Å²) in [6, 6.07) is 3.85. The van der Waals surface area contributed by atoms with Crippen molar-refractivity contribution in [1.29, 1.82) is 0 Å². The Morgan fingerprint density at radius 3 is 2.45 bits per heavy atom. The van der Waals surface area contributed by atoms with Gasteiger partial charge in [0.1, 0.15) is 5.69 Å². The van der Waals surface area contributed by atoms with Gasteiger partial charge >= 0.3 is 0 Å². The molecule has 0 aromatic carbocycles. The zero-order chi connectivity index (χ0) is 15.0. The maximum Gasteiger partial charge on any atom is 0.270 e. The third-order valence-electron chi connectivity index (χ3n) is 3.69. The highest BCUT2D eigenvalue weighted by Crippen LogP contribution is 2.13. The van der Waals surface area contributed by atoms with Crippen LogP contribution in [0.3, 0.4) is 0 Å². The molecule has 112 valence electrons. The lowest BCUT2D eigenvalue weighted by Gasteiger charge is -2.22. The second-order valence-electron chi connectivity index (χ2n) is 5.20. The van der Waals surface area contributed by atoms with Gasteiger partial charge in [0.15, 0.2) is 0 Å². The van der Waals surface area contributed by atoms with Gasteiger partial charge in [0.05, 0.1) is 11.9 Å². The molecule has 0 saturated heterocycles. The topological polar surface area (TPSA) is 54.0 Å². The van der Waals surface area contributed by atoms with E-state index in [4.69, 9.17) is 0 Å². The molecule has 1 heterocycles. The molecule has 0 bridgehead atoms. The van der Waals surface area contributed by atoms with Crippen molar-refractivity contribution in [1.82, 2.24) is 10.3 Å². The van der Waals surface area contributed by atoms with E-state index in [9.17, 15) is 4.79 Å². The summed E-state index contributed by atoms with van der Waals surface area (Å²) in [6.45, 7) is 9.40. The lowest BCUT2D eigenvalue weighted by molar-refractivity contribution is 0.0920. The molecule has 0 saturated carbocycles. The molecule has 1 aromatic rings. The van der Waals surface area contributed by atoms with Crippen LogP contribution in [0.15, 0.2) is 18.3 Å². The van der Waals surface area contributed by atoms with Crippen molar-refractivity contribution >= 4 is 11.6 Å². The number of nitrogens with zero attached hydrogens (tertiary/aromatic N) is 1. The minimum absolute atomic E-state index is 0.0913. The molecule has 1 aromatic heterocycles. The Hall–Kier alpha value is -1.58. The van der Waals surface area contributed by atoms with Crippen molar-refractivity contribution in [3.8, 4) is 0 Å². The largest absolute Gasteiger partial charge is 0.384 e. The number of hydrogen-bond donors (Lipinski definition) is 2. The fourth-order valence-electron chi connectivity index (χ4n) is 2.30. The van der Waals surface area contributed by atoms with Crippen LogP contribution in [0.1, 0.15) is 57.4 Å². The SMILES string of the molecule is CCCNc1ccc(C(=O)NC(C)C(CC)CC)nc1. The van der Waals surface area contributed by atoms with Crippen LogP contribution in [-0.4, -0.2) is 23.5 Å². The number of amides is 1. The van der Waals surface area contributed by atoms with Crippen LogP contribution in [0, 0.1) is 5.92 Å². The first-order valence-electron chi connectivity index (χ1n) is 7.63. The second kappa shape index (κ2) is 8.56. The normalized spacial score (nSPS) is 12.2. The first-order valence-corrected chi connectivity index (χ1v) is 7.63. The number of anilines is 1. The Kier molecular flexibility index (Phi) is 7.05. The monoisotopic (exact) mass is 277 g/mol. The van der Waals surface area contributed by atoms with Crippen LogP contribution in [0.4, 0.5) is 5.69 Å². The molecule has 0 aliphatic heterocycles. The van der Waals surface area contributed by atoms with Gasteiger partial charge in [0, 0.05) is 12.6 Å². The van der Waals surface area contributed by atoms with Gasteiger partial charge in [-0.15, -0.1) is 0 Å². The molecule has 1 atom stereocenters. The molecule has 1 amide bonds. The number of rotatable bonds is 8. The molecule has 0 spiro atoms. The minimum Gasteiger partial charge on any atom is -0.384 e. The van der Waals surface area contributed by atoms with Crippen LogP contribution >= 0.6 is 0 Å². The third kappa shape index (κ3) is 4.83. The van der Waals surface area contributed by atoms with Gasteiger partial charge < -0.3 is 10.6 Å². The zero-order valence-corrected chi connectivity index (χ0v) is 13.1. The van der Waals surface area contributed by atoms with Gasteiger partial charge in [0.2, 0.25) is 0 Å². The van der Waals surface area contributed by atoms with Crippen molar-refractivity contribution in [2.75, 3.05) is 11.9 Å². The quantitative estimate of drug-likeness (QED) is 0.765. The van der Waals surface area contributed by atoms with Gasteiger partial charge in [-0.3, -0.25) is 4.79 Å². The molecule has 1 rings (SSSR count). The summed E-state index contributed by atoms with van der Waals surface area (Å²) in [5.41, 5.74) is 1.43. The number of carbonyl (C=O) groups is 1. The predicted octanol–water partition coefficient (Wildman–Crippen LogP) is 3.46. The maximum absolute atomic E-state index is 12.1. The van der Waals surface area contributed by atoms with Crippen molar-refractivity contribution in [3.05, 3.63) is 24.0 Å². The number of aromatic nitrogens is 1. The van der Waals surface area contributed by atoms with Gasteiger partial charge in [-0.05, 0) is 31.4 Å². The molecule has 1 unspecified atom stereocenters. The van der Waals surface area contributed by atoms with E-state index in [1.54, 1.807) is 12.3 Å². The first-order chi connectivity index (χ1) is 9.62. The smallest absolute Gasteiger partial charge is 0.270 e. The highest BCUT2D eigenvalue weighted by atomic mass is 16.1. The molecular weight excluding hydrogens is 250 g/mol. The van der Waals surface area contributed by atoms with E-state index >= 15 is 0 Å². The summed E-state index contributed by atoms with van der Waals surface area (Å²) >= 11 is 0. The van der Waals surface area contributed by atoms with Crippen molar-refractivity contribution in [2.45, 2.75) is 53.0 Å². The molecule has 2 N–H and O–H groups in total. The lowest BCUT2D eigenvalue weighted by Crippen LogP contribution is -2.38. The van der Waals surface area contributed by atoms with E-state index in [1.807, 2.05) is 6.07 Å². The fourth-order valence-corrected chi connectivity index (χ4v) is 2.30. The zero-order valence-electron chi connectivity index (χ0n) is 13.1. The standard InChI is InChI=1S/C16H27N3O/c1-5-10-17-14-8-9-15(18-11-14)16(20)19-12(4)13(6-2)7-3/h8-9,11-13,17H,5-7,10H2,1-4H3,(H,19,20). The number of nitrogens with one attached hydrogen (secondary N) is 2. The Balaban J connectivity index is 2.59. The van der Waals surface area contributed by atoms with Gasteiger partial charge in [-0.2, -0.15) is 0 Å². The highest BCUT2D eigenvalue weighted by molar-refractivity contribution is 5.92. The van der Waals surface area contributed by atoms with E-state index in [0.717, 1.165) is 31.5 Å². The molecule has 0 fully saturated rings. The molecule has 4 nitrogen and oxygen atoms in total. The highest BCUT2D eigenvalue weighted by Gasteiger charge is 2.17. The van der Waals surface area contributed by atoms with Crippen LogP contribution in [0.25, 0.3) is 0 Å². The summed E-state index contributed by atoms with van der Waals surface area (Å²) in [5, 5.41) is 6.28. The maximum atomic E-state index is 12.1. The van der Waals surface area contributed by atoms with Crippen LogP contribution < -0.4 is 10.6 Å². The number of carbonyl (C=O) groups excluding carboxylic acids is 1. The summed E-state index contributed by atoms with van der Waals surface area (Å²) in [7, 11) is 0. The average molecular weight is 277 g/mol. The van der Waals surface area contributed by atoms with E-state index in [-0.39, 0.29) is 11.9 Å². The van der Waals surface area contributed by atoms with Crippen molar-refractivity contribution < 1.29 is 4.79 Å². The van der Waals surface area contributed by atoms with E-state index in [0.29, 0.717) is 11.6 Å². The third-order valence-corrected chi connectivity index (χ3v) is 3.69. The summed E-state index contributed by atoms with van der Waals surface area (Å²) in [4.78, 5) is 16.3. The molecule has 20 heavy (non-hydrogen) atoms. The Morgan fingerprint density at radius 1 is 1.25 bits per heavy atom. The Bertz CT molecular complexity index is 399. The number of hydrogen-bond acceptors (Lipinski definition) is 3. The first kappa shape index (κ1) is 16.5. The van der Waals surface area contributed by atoms with Crippen molar-refractivity contribution in [3.63, 3.8) is 0 Å². The summed E-state index contributed by atoms with van der Waals surface area (Å²) in [5.74, 6) is 0.427. The minimum atomic E-state index is -0.0913. The summed E-state index contributed by atoms with van der Waals surface area (Å²) in [6.07, 6.45) is 4.93. The molecule has 0 radical (unpaired) electrons. The number of pyridine rings is 1. The van der Waals surface area contributed by atoms with E-state index < -0.39 is 0 Å². The van der Waals surface area contributed by atoms with E-state index in [1.165, 1.54) is 0 Å². The van der Waals surface area contributed by atoms with Gasteiger partial charge in [-0.1, -0.05) is 33.6 Å². The molecule has 0 aliphatic carbocycles. The van der Waals surface area contributed by atoms with Crippen LogP contribution in [0.5, 0.6) is 0 Å². The van der Waals surface area contributed by atoms with Gasteiger partial charge in [0.25, 0.3) is 5.91 Å². The predicted molar refractivity (Wildman–Crippen MR) is 84.0 cm³/mol. The molecule has 0 aliphatic rings. The molecular formula is C16H27N3O. The summed E-state index contributed by atoms with van der Waals surface area (Å²) < 4.78 is 0. The van der Waals surface area contributed by atoms with Crippen LogP contribution in [-0.2, 0) is 0 Å². The Morgan fingerprint density at radius 2 is 1.95 bits per heavy atom. The lowest BCUT2D eigenvalue weighted by atomic mass is 9.95.